The van der Waals surface area contributed by atoms with Gasteiger partial charge < -0.3 is 16.4 Å². The SMILES string of the molecule is NC(=O)C1CCCN1c1ccc(C(N)=S)cn1. The molecule has 6 heteroatoms. The van der Waals surface area contributed by atoms with Crippen LogP contribution in [0.3, 0.4) is 0 Å². The van der Waals surface area contributed by atoms with Crippen LogP contribution in [0.15, 0.2) is 18.3 Å². The fraction of sp³-hybridized carbons (Fsp3) is 0.364. The van der Waals surface area contributed by atoms with Crippen molar-refractivity contribution in [1.82, 2.24) is 4.98 Å². The third-order valence-corrected chi connectivity index (χ3v) is 3.14. The van der Waals surface area contributed by atoms with E-state index < -0.39 is 0 Å². The molecule has 90 valence electrons. The van der Waals surface area contributed by atoms with E-state index in [0.717, 1.165) is 30.8 Å². The van der Waals surface area contributed by atoms with Crippen LogP contribution in [0.1, 0.15) is 18.4 Å². The van der Waals surface area contributed by atoms with Crippen molar-refractivity contribution in [3.63, 3.8) is 0 Å². The minimum atomic E-state index is -0.303. The Hall–Kier alpha value is -1.69. The van der Waals surface area contributed by atoms with Gasteiger partial charge in [0.15, 0.2) is 0 Å². The molecule has 0 aromatic carbocycles. The molecular weight excluding hydrogens is 236 g/mol. The maximum absolute atomic E-state index is 11.3. The molecular formula is C11H14N4OS. The van der Waals surface area contributed by atoms with Crippen molar-refractivity contribution in [2.24, 2.45) is 11.5 Å². The molecule has 1 fully saturated rings. The molecule has 1 amide bonds. The summed E-state index contributed by atoms with van der Waals surface area (Å²) in [6, 6.07) is 3.37. The van der Waals surface area contributed by atoms with E-state index in [1.807, 2.05) is 11.0 Å². The van der Waals surface area contributed by atoms with Crippen LogP contribution in [-0.4, -0.2) is 28.5 Å². The number of nitrogens with zero attached hydrogens (tertiary/aromatic N) is 2. The summed E-state index contributed by atoms with van der Waals surface area (Å²) in [5, 5.41) is 0. The highest BCUT2D eigenvalue weighted by Gasteiger charge is 2.29. The van der Waals surface area contributed by atoms with Crippen LogP contribution < -0.4 is 16.4 Å². The smallest absolute Gasteiger partial charge is 0.240 e. The number of rotatable bonds is 3. The van der Waals surface area contributed by atoms with Crippen LogP contribution in [0.5, 0.6) is 0 Å². The summed E-state index contributed by atoms with van der Waals surface area (Å²) >= 11 is 4.85. The molecule has 1 aromatic rings. The van der Waals surface area contributed by atoms with Crippen LogP contribution in [0.25, 0.3) is 0 Å². The van der Waals surface area contributed by atoms with Gasteiger partial charge in [-0.1, -0.05) is 12.2 Å². The first-order chi connectivity index (χ1) is 8.09. The van der Waals surface area contributed by atoms with Crippen LogP contribution in [-0.2, 0) is 4.79 Å². The van der Waals surface area contributed by atoms with Gasteiger partial charge in [0.2, 0.25) is 5.91 Å². The molecule has 1 saturated heterocycles. The predicted octanol–water partition coefficient (Wildman–Crippen LogP) is 0.170. The lowest BCUT2D eigenvalue weighted by atomic mass is 10.2. The zero-order valence-corrected chi connectivity index (χ0v) is 10.1. The highest BCUT2D eigenvalue weighted by atomic mass is 32.1. The van der Waals surface area contributed by atoms with Gasteiger partial charge in [-0.15, -0.1) is 0 Å². The highest BCUT2D eigenvalue weighted by Crippen LogP contribution is 2.23. The molecule has 5 nitrogen and oxygen atoms in total. The third-order valence-electron chi connectivity index (χ3n) is 2.91. The number of carbonyl (C=O) groups excluding carboxylic acids is 1. The van der Waals surface area contributed by atoms with Crippen LogP contribution in [0, 0.1) is 0 Å². The van der Waals surface area contributed by atoms with Gasteiger partial charge in [0.05, 0.1) is 0 Å². The van der Waals surface area contributed by atoms with Crippen molar-refractivity contribution in [3.05, 3.63) is 23.9 Å². The van der Waals surface area contributed by atoms with E-state index in [1.165, 1.54) is 0 Å². The number of amides is 1. The molecule has 1 aliphatic rings. The summed E-state index contributed by atoms with van der Waals surface area (Å²) in [5.74, 6) is 0.439. The minimum Gasteiger partial charge on any atom is -0.389 e. The normalized spacial score (nSPS) is 19.3. The zero-order valence-electron chi connectivity index (χ0n) is 9.30. The summed E-state index contributed by atoms with van der Waals surface area (Å²) < 4.78 is 0. The molecule has 1 aromatic heterocycles. The van der Waals surface area contributed by atoms with E-state index in [-0.39, 0.29) is 11.9 Å². The molecule has 0 radical (unpaired) electrons. The average Bonchev–Trinajstić information content (AvgIpc) is 2.78. The predicted molar refractivity (Wildman–Crippen MR) is 69.7 cm³/mol. The standard InChI is InChI=1S/C11H14N4OS/c12-10(16)8-2-1-5-15(8)9-4-3-7(6-14-9)11(13)17/h3-4,6,8H,1-2,5H2,(H2,12,16)(H2,13,17). The van der Waals surface area contributed by atoms with Gasteiger partial charge in [0.25, 0.3) is 0 Å². The monoisotopic (exact) mass is 250 g/mol. The highest BCUT2D eigenvalue weighted by molar-refractivity contribution is 7.80. The number of nitrogens with two attached hydrogens (primary N) is 2. The quantitative estimate of drug-likeness (QED) is 0.747. The molecule has 0 aliphatic carbocycles. The molecule has 2 rings (SSSR count). The van der Waals surface area contributed by atoms with Gasteiger partial charge in [-0.05, 0) is 25.0 Å². The number of carbonyl (C=O) groups is 1. The Bertz CT molecular complexity index is 445. The Balaban J connectivity index is 2.22. The van der Waals surface area contributed by atoms with Gasteiger partial charge >= 0.3 is 0 Å². The molecule has 0 spiro atoms. The summed E-state index contributed by atoms with van der Waals surface area (Å²) in [4.78, 5) is 17.8. The summed E-state index contributed by atoms with van der Waals surface area (Å²) in [7, 11) is 0. The number of hydrogen-bond donors (Lipinski definition) is 2. The zero-order chi connectivity index (χ0) is 12.4. The van der Waals surface area contributed by atoms with Crippen molar-refractivity contribution in [3.8, 4) is 0 Å². The molecule has 1 aliphatic heterocycles. The first-order valence-electron chi connectivity index (χ1n) is 5.41. The van der Waals surface area contributed by atoms with Crippen LogP contribution >= 0.6 is 12.2 Å². The lowest BCUT2D eigenvalue weighted by Gasteiger charge is -2.23. The molecule has 0 bridgehead atoms. The van der Waals surface area contributed by atoms with E-state index in [2.05, 4.69) is 4.98 Å². The summed E-state index contributed by atoms with van der Waals surface area (Å²) in [6.45, 7) is 0.799. The largest absolute Gasteiger partial charge is 0.389 e. The Morgan fingerprint density at radius 2 is 2.24 bits per heavy atom. The number of hydrogen-bond acceptors (Lipinski definition) is 4. The second-order valence-corrected chi connectivity index (χ2v) is 4.46. The van der Waals surface area contributed by atoms with Crippen molar-refractivity contribution in [1.29, 1.82) is 0 Å². The number of pyridine rings is 1. The van der Waals surface area contributed by atoms with Gasteiger partial charge in [0, 0.05) is 18.3 Å². The summed E-state index contributed by atoms with van der Waals surface area (Å²) in [5.41, 5.74) is 11.6. The fourth-order valence-corrected chi connectivity index (χ4v) is 2.16. The van der Waals surface area contributed by atoms with Gasteiger partial charge in [-0.3, -0.25) is 4.79 Å². The van der Waals surface area contributed by atoms with Crippen LogP contribution in [0.4, 0.5) is 5.82 Å². The Labute approximate surface area is 105 Å². The van der Waals surface area contributed by atoms with E-state index >= 15 is 0 Å². The topological polar surface area (TPSA) is 85.2 Å². The molecule has 17 heavy (non-hydrogen) atoms. The maximum Gasteiger partial charge on any atom is 0.240 e. The number of aromatic nitrogens is 1. The number of thiocarbonyl (C=S) groups is 1. The van der Waals surface area contributed by atoms with Crippen molar-refractivity contribution in [2.75, 3.05) is 11.4 Å². The first-order valence-corrected chi connectivity index (χ1v) is 5.82. The van der Waals surface area contributed by atoms with E-state index in [9.17, 15) is 4.79 Å². The van der Waals surface area contributed by atoms with Crippen molar-refractivity contribution >= 4 is 28.9 Å². The third kappa shape index (κ3) is 2.36. The first kappa shape index (κ1) is 11.8. The van der Waals surface area contributed by atoms with E-state index in [4.69, 9.17) is 23.7 Å². The Kier molecular flexibility index (Phi) is 3.23. The molecule has 1 atom stereocenters. The van der Waals surface area contributed by atoms with Crippen molar-refractivity contribution < 1.29 is 4.79 Å². The lowest BCUT2D eigenvalue weighted by molar-refractivity contribution is -0.119. The van der Waals surface area contributed by atoms with Crippen molar-refractivity contribution in [2.45, 2.75) is 18.9 Å². The fourth-order valence-electron chi connectivity index (χ4n) is 2.04. The summed E-state index contributed by atoms with van der Waals surface area (Å²) in [6.07, 6.45) is 3.36. The number of anilines is 1. The molecule has 1 unspecified atom stereocenters. The van der Waals surface area contributed by atoms with Crippen LogP contribution in [0.2, 0.25) is 0 Å². The maximum atomic E-state index is 11.3. The minimum absolute atomic E-state index is 0.252. The Morgan fingerprint density at radius 1 is 1.47 bits per heavy atom. The van der Waals surface area contributed by atoms with E-state index in [0.29, 0.717) is 4.99 Å². The Morgan fingerprint density at radius 3 is 2.76 bits per heavy atom. The number of primary amides is 1. The van der Waals surface area contributed by atoms with Gasteiger partial charge in [-0.25, -0.2) is 4.98 Å². The van der Waals surface area contributed by atoms with E-state index in [1.54, 1.807) is 12.3 Å². The lowest BCUT2D eigenvalue weighted by Crippen LogP contribution is -2.40. The average molecular weight is 250 g/mol. The van der Waals surface area contributed by atoms with Gasteiger partial charge in [0.1, 0.15) is 16.8 Å². The molecule has 2 heterocycles. The second kappa shape index (κ2) is 4.67. The van der Waals surface area contributed by atoms with Gasteiger partial charge in [-0.2, -0.15) is 0 Å². The second-order valence-electron chi connectivity index (χ2n) is 4.02. The molecule has 0 saturated carbocycles. The molecule has 4 N–H and O–H groups in total.